The lowest BCUT2D eigenvalue weighted by Crippen LogP contribution is -2.42. The third kappa shape index (κ3) is 5.31. The zero-order chi connectivity index (χ0) is 19.4. The molecular formula is C19H26F2N2O3S. The Morgan fingerprint density at radius 2 is 1.93 bits per heavy atom. The van der Waals surface area contributed by atoms with Crippen LogP contribution in [0.4, 0.5) is 14.5 Å². The summed E-state index contributed by atoms with van der Waals surface area (Å²) in [5.41, 5.74) is 0.306. The Morgan fingerprint density at radius 3 is 2.59 bits per heavy atom. The van der Waals surface area contributed by atoms with Gasteiger partial charge in [-0.1, -0.05) is 38.5 Å². The molecule has 1 aromatic heterocycles. The van der Waals surface area contributed by atoms with Gasteiger partial charge < -0.3 is 9.87 Å². The number of amides is 1. The van der Waals surface area contributed by atoms with Crippen LogP contribution in [0, 0.1) is 17.8 Å². The topological polar surface area (TPSA) is 79.3 Å². The van der Waals surface area contributed by atoms with Crippen LogP contribution in [0.2, 0.25) is 0 Å². The molecule has 2 aliphatic rings. The fourth-order valence-electron chi connectivity index (χ4n) is 4.56. The van der Waals surface area contributed by atoms with Crippen molar-refractivity contribution in [3.8, 4) is 0 Å². The number of alkyl halides is 2. The van der Waals surface area contributed by atoms with Crippen molar-refractivity contribution in [3.05, 3.63) is 18.3 Å². The number of nitrogens with zero attached hydrogens (tertiary/aromatic N) is 1. The normalized spacial score (nSPS) is 27.5. The lowest BCUT2D eigenvalue weighted by atomic mass is 9.68. The Hall–Kier alpha value is -1.41. The summed E-state index contributed by atoms with van der Waals surface area (Å²) in [4.78, 5) is 16.6. The zero-order valence-electron chi connectivity index (χ0n) is 15.2. The highest BCUT2D eigenvalue weighted by molar-refractivity contribution is 7.79. The number of rotatable bonds is 4. The maximum Gasteiger partial charge on any atom is 0.248 e. The quantitative estimate of drug-likeness (QED) is 0.571. The minimum absolute atomic E-state index is 0.0315. The van der Waals surface area contributed by atoms with Crippen molar-refractivity contribution in [1.82, 2.24) is 4.98 Å². The predicted octanol–water partition coefficient (Wildman–Crippen LogP) is 4.62. The molecule has 0 aliphatic heterocycles. The van der Waals surface area contributed by atoms with Gasteiger partial charge in [0.2, 0.25) is 22.9 Å². The van der Waals surface area contributed by atoms with Gasteiger partial charge in [-0.25, -0.2) is 18.0 Å². The molecule has 1 aromatic rings. The number of halogens is 2. The first kappa shape index (κ1) is 20.3. The average Bonchev–Trinajstić information content (AvgIpc) is 2.90. The summed E-state index contributed by atoms with van der Waals surface area (Å²) in [5, 5.41) is 2.59. The molecule has 0 spiro atoms. The molecule has 2 saturated carbocycles. The predicted molar refractivity (Wildman–Crippen MR) is 98.9 cm³/mol. The van der Waals surface area contributed by atoms with Gasteiger partial charge in [0, 0.05) is 30.6 Å². The lowest BCUT2D eigenvalue weighted by molar-refractivity contribution is -0.134. The SMILES string of the molecule is O=C(Nc1ccnc(S(=O)O)c1)C1CC(F)(F)CCC1C1CCCCCC1. The summed E-state index contributed by atoms with van der Waals surface area (Å²) in [6, 6.07) is 2.80. The maximum atomic E-state index is 14.1. The van der Waals surface area contributed by atoms with Crippen LogP contribution in [0.1, 0.15) is 57.8 Å². The molecule has 3 rings (SSSR count). The van der Waals surface area contributed by atoms with Crippen molar-refractivity contribution in [3.63, 3.8) is 0 Å². The Morgan fingerprint density at radius 1 is 1.22 bits per heavy atom. The second-order valence-electron chi connectivity index (χ2n) is 7.74. The summed E-state index contributed by atoms with van der Waals surface area (Å²) >= 11 is -2.27. The Bertz CT molecular complexity index is 693. The molecule has 2 N–H and O–H groups in total. The molecule has 0 aromatic carbocycles. The van der Waals surface area contributed by atoms with Crippen LogP contribution >= 0.6 is 0 Å². The van der Waals surface area contributed by atoms with E-state index < -0.39 is 35.2 Å². The molecule has 3 unspecified atom stereocenters. The van der Waals surface area contributed by atoms with E-state index in [4.69, 9.17) is 4.55 Å². The molecular weight excluding hydrogens is 374 g/mol. The van der Waals surface area contributed by atoms with Crippen molar-refractivity contribution in [2.75, 3.05) is 5.32 Å². The largest absolute Gasteiger partial charge is 0.326 e. The van der Waals surface area contributed by atoms with Crippen LogP contribution in [0.5, 0.6) is 0 Å². The van der Waals surface area contributed by atoms with E-state index in [2.05, 4.69) is 10.3 Å². The molecule has 1 amide bonds. The van der Waals surface area contributed by atoms with Gasteiger partial charge in [-0.2, -0.15) is 0 Å². The first-order chi connectivity index (χ1) is 12.9. The highest BCUT2D eigenvalue weighted by Crippen LogP contribution is 2.46. The number of carbonyl (C=O) groups is 1. The second kappa shape index (κ2) is 8.73. The highest BCUT2D eigenvalue weighted by Gasteiger charge is 2.46. The minimum atomic E-state index is -2.82. The van der Waals surface area contributed by atoms with Crippen molar-refractivity contribution < 1.29 is 22.3 Å². The molecule has 2 fully saturated rings. The third-order valence-corrected chi connectivity index (χ3v) is 6.48. The smallest absolute Gasteiger partial charge is 0.248 e. The molecule has 0 saturated heterocycles. The first-order valence-corrected chi connectivity index (χ1v) is 10.7. The van der Waals surface area contributed by atoms with E-state index >= 15 is 0 Å². The van der Waals surface area contributed by atoms with Crippen LogP contribution < -0.4 is 5.32 Å². The van der Waals surface area contributed by atoms with Gasteiger partial charge in [0.25, 0.3) is 0 Å². The molecule has 2 aliphatic carbocycles. The van der Waals surface area contributed by atoms with E-state index in [-0.39, 0.29) is 17.4 Å². The van der Waals surface area contributed by atoms with E-state index in [1.165, 1.54) is 31.2 Å². The van der Waals surface area contributed by atoms with E-state index in [0.717, 1.165) is 25.7 Å². The average molecular weight is 400 g/mol. The van der Waals surface area contributed by atoms with Gasteiger partial charge in [-0.3, -0.25) is 4.79 Å². The summed E-state index contributed by atoms with van der Waals surface area (Å²) in [6.07, 6.45) is 7.67. The van der Waals surface area contributed by atoms with Gasteiger partial charge in [0.05, 0.1) is 0 Å². The Kier molecular flexibility index (Phi) is 6.57. The summed E-state index contributed by atoms with van der Waals surface area (Å²) in [7, 11) is 0. The number of carbonyl (C=O) groups excluding carboxylic acids is 1. The molecule has 8 heteroatoms. The summed E-state index contributed by atoms with van der Waals surface area (Å²) in [6.45, 7) is 0. The van der Waals surface area contributed by atoms with E-state index in [1.54, 1.807) is 0 Å². The standard InChI is InChI=1S/C19H26F2N2O3S/c20-19(21)9-7-15(13-5-3-1-2-4-6-13)16(12-19)18(24)23-14-8-10-22-17(11-14)27(25)26/h8,10-11,13,15-16H,1-7,9,12H2,(H,25,26)(H,22,23,24). The highest BCUT2D eigenvalue weighted by atomic mass is 32.2. The van der Waals surface area contributed by atoms with Gasteiger partial charge >= 0.3 is 0 Å². The number of hydrogen-bond acceptors (Lipinski definition) is 3. The maximum absolute atomic E-state index is 14.1. The number of hydrogen-bond donors (Lipinski definition) is 2. The molecule has 3 atom stereocenters. The van der Waals surface area contributed by atoms with Crippen molar-refractivity contribution in [2.24, 2.45) is 17.8 Å². The Labute approximate surface area is 160 Å². The first-order valence-electron chi connectivity index (χ1n) is 9.61. The molecule has 0 bridgehead atoms. The summed E-state index contributed by atoms with van der Waals surface area (Å²) in [5.74, 6) is -3.70. The zero-order valence-corrected chi connectivity index (χ0v) is 16.0. The van der Waals surface area contributed by atoms with Crippen molar-refractivity contribution in [1.29, 1.82) is 0 Å². The van der Waals surface area contributed by atoms with Crippen LogP contribution in [0.3, 0.4) is 0 Å². The van der Waals surface area contributed by atoms with Crippen LogP contribution in [0.15, 0.2) is 23.4 Å². The number of aromatic nitrogens is 1. The molecule has 5 nitrogen and oxygen atoms in total. The number of nitrogens with one attached hydrogen (secondary N) is 1. The number of pyridine rings is 1. The van der Waals surface area contributed by atoms with Crippen LogP contribution in [-0.4, -0.2) is 25.6 Å². The van der Waals surface area contributed by atoms with Gasteiger partial charge in [0.1, 0.15) is 0 Å². The van der Waals surface area contributed by atoms with Gasteiger partial charge in [-0.05, 0) is 30.4 Å². The second-order valence-corrected chi connectivity index (χ2v) is 8.66. The minimum Gasteiger partial charge on any atom is -0.326 e. The number of anilines is 1. The van der Waals surface area contributed by atoms with E-state index in [0.29, 0.717) is 18.0 Å². The fourth-order valence-corrected chi connectivity index (χ4v) is 4.94. The van der Waals surface area contributed by atoms with Crippen molar-refractivity contribution >= 4 is 22.7 Å². The molecule has 1 heterocycles. The van der Waals surface area contributed by atoms with E-state index in [9.17, 15) is 17.8 Å². The monoisotopic (exact) mass is 400 g/mol. The molecule has 27 heavy (non-hydrogen) atoms. The van der Waals surface area contributed by atoms with Crippen LogP contribution in [-0.2, 0) is 15.9 Å². The fraction of sp³-hybridized carbons (Fsp3) is 0.684. The van der Waals surface area contributed by atoms with Gasteiger partial charge in [-0.15, -0.1) is 0 Å². The summed E-state index contributed by atoms with van der Waals surface area (Å²) < 4.78 is 48.5. The lowest BCUT2D eigenvalue weighted by Gasteiger charge is -2.39. The van der Waals surface area contributed by atoms with Crippen LogP contribution in [0.25, 0.3) is 0 Å². The molecule has 150 valence electrons. The molecule has 0 radical (unpaired) electrons. The van der Waals surface area contributed by atoms with E-state index in [1.807, 2.05) is 0 Å². The van der Waals surface area contributed by atoms with Crippen molar-refractivity contribution in [2.45, 2.75) is 68.7 Å². The third-order valence-electron chi connectivity index (χ3n) is 5.90. The van der Waals surface area contributed by atoms with Gasteiger partial charge in [0.15, 0.2) is 5.03 Å². The Balaban J connectivity index is 1.77.